The Morgan fingerprint density at radius 2 is 2.08 bits per heavy atom. The van der Waals surface area contributed by atoms with Crippen molar-refractivity contribution in [2.24, 2.45) is 5.92 Å². The Kier molecular flexibility index (Phi) is 5.01. The second-order valence-electron chi connectivity index (χ2n) is 6.23. The van der Waals surface area contributed by atoms with Crippen molar-refractivity contribution in [3.8, 4) is 10.6 Å². The monoisotopic (exact) mass is 364 g/mol. The van der Waals surface area contributed by atoms with Gasteiger partial charge in [0.25, 0.3) is 0 Å². The minimum atomic E-state index is -2.93. The minimum Gasteiger partial charge on any atom is -0.340 e. The zero-order valence-electron chi connectivity index (χ0n) is 13.5. The highest BCUT2D eigenvalue weighted by Crippen LogP contribution is 2.25. The fourth-order valence-corrected chi connectivity index (χ4v) is 5.54. The summed E-state index contributed by atoms with van der Waals surface area (Å²) in [5.74, 6) is 0.287. The average molecular weight is 364 g/mol. The maximum Gasteiger partial charge on any atom is 0.222 e. The van der Waals surface area contributed by atoms with Gasteiger partial charge in [-0.15, -0.1) is 11.3 Å². The van der Waals surface area contributed by atoms with Crippen LogP contribution < -0.4 is 0 Å². The van der Waals surface area contributed by atoms with Gasteiger partial charge < -0.3 is 4.90 Å². The summed E-state index contributed by atoms with van der Waals surface area (Å²) in [7, 11) is -1.19. The molecule has 1 saturated heterocycles. The van der Waals surface area contributed by atoms with Gasteiger partial charge in [0.15, 0.2) is 9.84 Å². The van der Waals surface area contributed by atoms with Crippen LogP contribution in [0, 0.1) is 5.92 Å². The lowest BCUT2D eigenvalue weighted by atomic mass is 10.0. The Morgan fingerprint density at radius 1 is 1.33 bits per heavy atom. The van der Waals surface area contributed by atoms with Crippen molar-refractivity contribution in [1.82, 2.24) is 9.88 Å². The first-order chi connectivity index (χ1) is 11.4. The summed E-state index contributed by atoms with van der Waals surface area (Å²) >= 11 is 1.56. The third-order valence-corrected chi connectivity index (χ3v) is 6.96. The van der Waals surface area contributed by atoms with E-state index in [2.05, 4.69) is 4.98 Å². The van der Waals surface area contributed by atoms with Crippen LogP contribution >= 0.6 is 11.3 Å². The van der Waals surface area contributed by atoms with Crippen molar-refractivity contribution in [3.63, 3.8) is 0 Å². The number of nitrogens with zero attached hydrogens (tertiary/aromatic N) is 2. The predicted molar refractivity (Wildman–Crippen MR) is 95.4 cm³/mol. The van der Waals surface area contributed by atoms with Crippen LogP contribution in [0.3, 0.4) is 0 Å². The number of sulfone groups is 1. The molecule has 0 bridgehead atoms. The molecular weight excluding hydrogens is 344 g/mol. The molecule has 1 aliphatic heterocycles. The van der Waals surface area contributed by atoms with Gasteiger partial charge in [-0.2, -0.15) is 0 Å². The molecule has 1 fully saturated rings. The van der Waals surface area contributed by atoms with Crippen molar-refractivity contribution in [3.05, 3.63) is 41.4 Å². The molecule has 1 aromatic carbocycles. The lowest BCUT2D eigenvalue weighted by Crippen LogP contribution is -2.28. The lowest BCUT2D eigenvalue weighted by molar-refractivity contribution is -0.131. The first kappa shape index (κ1) is 17.1. The van der Waals surface area contributed by atoms with Gasteiger partial charge >= 0.3 is 0 Å². The van der Waals surface area contributed by atoms with Crippen LogP contribution in [-0.4, -0.2) is 42.8 Å². The largest absolute Gasteiger partial charge is 0.340 e. The Hall–Kier alpha value is -1.73. The summed E-state index contributed by atoms with van der Waals surface area (Å²) in [6, 6.07) is 9.94. The molecule has 0 saturated carbocycles. The van der Waals surface area contributed by atoms with Gasteiger partial charge in [-0.05, 0) is 12.3 Å². The van der Waals surface area contributed by atoms with Crippen LogP contribution in [0.1, 0.15) is 18.5 Å². The lowest BCUT2D eigenvalue weighted by Gasteiger charge is -2.17. The molecule has 1 amide bonds. The molecule has 1 atom stereocenters. The quantitative estimate of drug-likeness (QED) is 0.818. The topological polar surface area (TPSA) is 67.3 Å². The van der Waals surface area contributed by atoms with Crippen LogP contribution in [0.4, 0.5) is 0 Å². The molecule has 1 unspecified atom stereocenters. The molecule has 7 heteroatoms. The normalized spacial score (nSPS) is 19.3. The summed E-state index contributed by atoms with van der Waals surface area (Å²) in [6.07, 6.45) is 0.891. The summed E-state index contributed by atoms with van der Waals surface area (Å²) < 4.78 is 23.0. The summed E-state index contributed by atoms with van der Waals surface area (Å²) in [5, 5.41) is 2.90. The fourth-order valence-electron chi connectivity index (χ4n) is 2.86. The van der Waals surface area contributed by atoms with E-state index in [-0.39, 0.29) is 23.3 Å². The summed E-state index contributed by atoms with van der Waals surface area (Å²) in [5.41, 5.74) is 1.92. The number of carbonyl (C=O) groups is 1. The molecule has 2 aromatic rings. The molecule has 0 spiro atoms. The van der Waals surface area contributed by atoms with Crippen molar-refractivity contribution < 1.29 is 13.2 Å². The van der Waals surface area contributed by atoms with Crippen molar-refractivity contribution in [2.45, 2.75) is 19.4 Å². The van der Waals surface area contributed by atoms with Crippen LogP contribution in [-0.2, 0) is 21.2 Å². The average Bonchev–Trinajstić information content (AvgIpc) is 3.14. The number of amides is 1. The molecule has 5 nitrogen and oxygen atoms in total. The Bertz CT molecular complexity index is 815. The van der Waals surface area contributed by atoms with Crippen LogP contribution in [0.15, 0.2) is 35.7 Å². The van der Waals surface area contributed by atoms with Gasteiger partial charge in [0.05, 0.1) is 23.7 Å². The number of aromatic nitrogens is 1. The first-order valence-electron chi connectivity index (χ1n) is 7.87. The number of hydrogen-bond donors (Lipinski definition) is 0. The Morgan fingerprint density at radius 3 is 2.75 bits per heavy atom. The molecule has 128 valence electrons. The Labute approximate surface area is 146 Å². The van der Waals surface area contributed by atoms with Crippen LogP contribution in [0.5, 0.6) is 0 Å². The number of benzene rings is 1. The van der Waals surface area contributed by atoms with Gasteiger partial charge in [0, 0.05) is 24.4 Å². The third-order valence-electron chi connectivity index (χ3n) is 4.19. The maximum atomic E-state index is 12.3. The van der Waals surface area contributed by atoms with Crippen LogP contribution in [0.25, 0.3) is 10.6 Å². The number of carbonyl (C=O) groups excluding carboxylic acids is 1. The molecule has 0 N–H and O–H groups in total. The van der Waals surface area contributed by atoms with Gasteiger partial charge in [0.2, 0.25) is 5.91 Å². The highest BCUT2D eigenvalue weighted by Gasteiger charge is 2.30. The van der Waals surface area contributed by atoms with Gasteiger partial charge in [-0.3, -0.25) is 4.79 Å². The smallest absolute Gasteiger partial charge is 0.222 e. The van der Waals surface area contributed by atoms with Crippen LogP contribution in [0.2, 0.25) is 0 Å². The van der Waals surface area contributed by atoms with E-state index in [9.17, 15) is 13.2 Å². The molecule has 2 heterocycles. The molecule has 24 heavy (non-hydrogen) atoms. The highest BCUT2D eigenvalue weighted by molar-refractivity contribution is 7.91. The second-order valence-corrected chi connectivity index (χ2v) is 9.32. The van der Waals surface area contributed by atoms with E-state index in [0.29, 0.717) is 19.4 Å². The standard InChI is InChI=1S/C17H20N2O3S2/c1-19(16(20)9-13-7-8-24(21,22)12-13)10-15-11-23-17(18-15)14-5-3-2-4-6-14/h2-6,11,13H,7-10,12H2,1H3. The third kappa shape index (κ3) is 4.21. The van der Waals surface area contributed by atoms with E-state index in [1.165, 1.54) is 0 Å². The number of thiazole rings is 1. The minimum absolute atomic E-state index is 0.0219. The van der Waals surface area contributed by atoms with E-state index in [0.717, 1.165) is 16.3 Å². The molecule has 0 aliphatic carbocycles. The molecular formula is C17H20N2O3S2. The maximum absolute atomic E-state index is 12.3. The van der Waals surface area contributed by atoms with Crippen molar-refractivity contribution in [2.75, 3.05) is 18.6 Å². The van der Waals surface area contributed by atoms with Gasteiger partial charge in [-0.25, -0.2) is 13.4 Å². The first-order valence-corrected chi connectivity index (χ1v) is 10.6. The van der Waals surface area contributed by atoms with E-state index >= 15 is 0 Å². The van der Waals surface area contributed by atoms with E-state index in [4.69, 9.17) is 0 Å². The molecule has 1 aliphatic rings. The number of hydrogen-bond acceptors (Lipinski definition) is 5. The molecule has 0 radical (unpaired) electrons. The molecule has 3 rings (SSSR count). The van der Waals surface area contributed by atoms with Gasteiger partial charge in [-0.1, -0.05) is 30.3 Å². The van der Waals surface area contributed by atoms with Crippen molar-refractivity contribution >= 4 is 27.1 Å². The number of rotatable bonds is 5. The molecule has 1 aromatic heterocycles. The summed E-state index contributed by atoms with van der Waals surface area (Å²) in [4.78, 5) is 18.5. The van der Waals surface area contributed by atoms with E-state index in [1.807, 2.05) is 35.7 Å². The second kappa shape index (κ2) is 7.03. The SMILES string of the molecule is CN(Cc1csc(-c2ccccc2)n1)C(=O)CC1CCS(=O)(=O)C1. The summed E-state index contributed by atoms with van der Waals surface area (Å²) in [6.45, 7) is 0.446. The highest BCUT2D eigenvalue weighted by atomic mass is 32.2. The fraction of sp³-hybridized carbons (Fsp3) is 0.412. The zero-order chi connectivity index (χ0) is 17.2. The predicted octanol–water partition coefficient (Wildman–Crippen LogP) is 2.59. The van der Waals surface area contributed by atoms with Crippen molar-refractivity contribution in [1.29, 1.82) is 0 Å². The Balaban J connectivity index is 1.58. The van der Waals surface area contributed by atoms with E-state index < -0.39 is 9.84 Å². The van der Waals surface area contributed by atoms with E-state index in [1.54, 1.807) is 23.3 Å². The zero-order valence-corrected chi connectivity index (χ0v) is 15.1. The van der Waals surface area contributed by atoms with Gasteiger partial charge in [0.1, 0.15) is 5.01 Å².